The van der Waals surface area contributed by atoms with Gasteiger partial charge in [0.2, 0.25) is 0 Å². The number of halogens is 2. The fourth-order valence-electron chi connectivity index (χ4n) is 0.819. The highest BCUT2D eigenvalue weighted by Gasteiger charge is 2.12. The van der Waals surface area contributed by atoms with Crippen molar-refractivity contribution in [1.29, 1.82) is 0 Å². The molecule has 0 aliphatic heterocycles. The third-order valence-electron chi connectivity index (χ3n) is 1.60. The lowest BCUT2D eigenvalue weighted by atomic mass is 10.3. The van der Waals surface area contributed by atoms with Crippen LogP contribution in [0.5, 0.6) is 5.75 Å². The third kappa shape index (κ3) is 3.02. The second-order valence-electron chi connectivity index (χ2n) is 2.74. The molecule has 5 heteroatoms. The summed E-state index contributed by atoms with van der Waals surface area (Å²) < 4.78 is 6.26. The van der Waals surface area contributed by atoms with Crippen LogP contribution in [0, 0.1) is 3.57 Å². The number of benzene rings is 1. The monoisotopic (exact) mass is 325 g/mol. The van der Waals surface area contributed by atoms with E-state index >= 15 is 0 Å². The van der Waals surface area contributed by atoms with E-state index in [1.807, 2.05) is 6.07 Å². The molecule has 1 aromatic rings. The third-order valence-corrected chi connectivity index (χ3v) is 2.56. The number of nitrogens with two attached hydrogens (primary N) is 1. The van der Waals surface area contributed by atoms with Crippen LogP contribution >= 0.6 is 34.2 Å². The highest BCUT2D eigenvalue weighted by atomic mass is 127. The molecular weight excluding hydrogens is 316 g/mol. The van der Waals surface area contributed by atoms with Crippen LogP contribution < -0.4 is 10.5 Å². The summed E-state index contributed by atoms with van der Waals surface area (Å²) >= 11 is 8.03. The summed E-state index contributed by atoms with van der Waals surface area (Å²) in [5.74, 6) is -0.0435. The molecule has 0 aliphatic carbocycles. The Morgan fingerprint density at radius 1 is 1.64 bits per heavy atom. The van der Waals surface area contributed by atoms with Gasteiger partial charge in [-0.25, -0.2) is 0 Å². The Balaban J connectivity index is 2.82. The molecule has 0 saturated carbocycles. The lowest BCUT2D eigenvalue weighted by molar-refractivity contribution is -0.123. The summed E-state index contributed by atoms with van der Waals surface area (Å²) in [5, 5.41) is 0.477. The van der Waals surface area contributed by atoms with Crippen LogP contribution in [0.4, 0.5) is 0 Å². The van der Waals surface area contributed by atoms with E-state index in [-0.39, 0.29) is 0 Å². The molecule has 0 aromatic heterocycles. The Morgan fingerprint density at radius 3 is 2.79 bits per heavy atom. The number of amides is 1. The van der Waals surface area contributed by atoms with Crippen molar-refractivity contribution >= 4 is 40.1 Å². The Kier molecular flexibility index (Phi) is 4.00. The number of primary amides is 1. The SMILES string of the molecule is CC(Oc1ccc(I)cc1Cl)C(N)=O. The minimum Gasteiger partial charge on any atom is -0.479 e. The molecule has 1 amide bonds. The van der Waals surface area contributed by atoms with Crippen molar-refractivity contribution in [3.05, 3.63) is 26.8 Å². The molecule has 76 valence electrons. The second kappa shape index (κ2) is 4.84. The van der Waals surface area contributed by atoms with Gasteiger partial charge >= 0.3 is 0 Å². The fourth-order valence-corrected chi connectivity index (χ4v) is 1.72. The highest BCUT2D eigenvalue weighted by molar-refractivity contribution is 14.1. The molecule has 14 heavy (non-hydrogen) atoms. The van der Waals surface area contributed by atoms with E-state index < -0.39 is 12.0 Å². The zero-order valence-corrected chi connectivity index (χ0v) is 10.4. The Morgan fingerprint density at radius 2 is 2.29 bits per heavy atom. The van der Waals surface area contributed by atoms with Crippen LogP contribution in [0.3, 0.4) is 0 Å². The van der Waals surface area contributed by atoms with E-state index in [1.54, 1.807) is 19.1 Å². The first-order valence-electron chi connectivity index (χ1n) is 3.91. The quantitative estimate of drug-likeness (QED) is 0.866. The number of carbonyl (C=O) groups is 1. The van der Waals surface area contributed by atoms with Crippen LogP contribution in [-0.2, 0) is 4.79 Å². The average molecular weight is 326 g/mol. The minimum absolute atomic E-state index is 0.471. The van der Waals surface area contributed by atoms with Crippen LogP contribution in [0.25, 0.3) is 0 Å². The van der Waals surface area contributed by atoms with Gasteiger partial charge in [-0.1, -0.05) is 11.6 Å². The average Bonchev–Trinajstić information content (AvgIpc) is 2.09. The molecule has 3 nitrogen and oxygen atoms in total. The summed E-state index contributed by atoms with van der Waals surface area (Å²) in [5.41, 5.74) is 5.06. The van der Waals surface area contributed by atoms with Crippen LogP contribution in [0.15, 0.2) is 18.2 Å². The lowest BCUT2D eigenvalue weighted by Crippen LogP contribution is -2.30. The maximum Gasteiger partial charge on any atom is 0.258 e. The Labute approximate surface area is 101 Å². The molecule has 0 radical (unpaired) electrons. The van der Waals surface area contributed by atoms with Gasteiger partial charge in [-0.15, -0.1) is 0 Å². The predicted molar refractivity (Wildman–Crippen MR) is 63.5 cm³/mol. The molecule has 1 aromatic carbocycles. The lowest BCUT2D eigenvalue weighted by Gasteiger charge is -2.12. The number of carbonyl (C=O) groups excluding carboxylic acids is 1. The van der Waals surface area contributed by atoms with E-state index in [9.17, 15) is 4.79 Å². The largest absolute Gasteiger partial charge is 0.479 e. The normalized spacial score (nSPS) is 12.2. The van der Waals surface area contributed by atoms with Crippen molar-refractivity contribution in [3.8, 4) is 5.75 Å². The molecule has 1 rings (SSSR count). The highest BCUT2D eigenvalue weighted by Crippen LogP contribution is 2.26. The van der Waals surface area contributed by atoms with Crippen LogP contribution in [-0.4, -0.2) is 12.0 Å². The van der Waals surface area contributed by atoms with E-state index in [0.717, 1.165) is 3.57 Å². The summed E-state index contributed by atoms with van der Waals surface area (Å²) in [7, 11) is 0. The van der Waals surface area contributed by atoms with Crippen molar-refractivity contribution in [2.24, 2.45) is 5.73 Å². The molecule has 1 unspecified atom stereocenters. The Hall–Kier alpha value is -0.490. The van der Waals surface area contributed by atoms with Gasteiger partial charge in [-0.3, -0.25) is 4.79 Å². The zero-order chi connectivity index (χ0) is 10.7. The Bertz CT molecular complexity index is 357. The molecule has 2 N–H and O–H groups in total. The molecule has 0 spiro atoms. The van der Waals surface area contributed by atoms with Gasteiger partial charge in [-0.05, 0) is 47.7 Å². The number of rotatable bonds is 3. The van der Waals surface area contributed by atoms with Crippen LogP contribution in [0.2, 0.25) is 5.02 Å². The van der Waals surface area contributed by atoms with E-state index in [0.29, 0.717) is 10.8 Å². The smallest absolute Gasteiger partial charge is 0.258 e. The zero-order valence-electron chi connectivity index (χ0n) is 7.46. The molecule has 0 saturated heterocycles. The summed E-state index contributed by atoms with van der Waals surface area (Å²) in [6.45, 7) is 1.58. The fraction of sp³-hybridized carbons (Fsp3) is 0.222. The first-order chi connectivity index (χ1) is 6.50. The molecule has 0 heterocycles. The number of ether oxygens (including phenoxy) is 1. The van der Waals surface area contributed by atoms with E-state index in [4.69, 9.17) is 22.1 Å². The van der Waals surface area contributed by atoms with Gasteiger partial charge in [-0.2, -0.15) is 0 Å². The predicted octanol–water partition coefficient (Wildman–Crippen LogP) is 2.20. The van der Waals surface area contributed by atoms with Gasteiger partial charge in [0, 0.05) is 3.57 Å². The topological polar surface area (TPSA) is 52.3 Å². The van der Waals surface area contributed by atoms with E-state index in [2.05, 4.69) is 22.6 Å². The standard InChI is InChI=1S/C9H9ClINO2/c1-5(9(12)13)14-8-3-2-6(11)4-7(8)10/h2-5H,1H3,(H2,12,13). The molecule has 1 atom stereocenters. The number of hydrogen-bond acceptors (Lipinski definition) is 2. The van der Waals surface area contributed by atoms with Crippen molar-refractivity contribution in [2.45, 2.75) is 13.0 Å². The van der Waals surface area contributed by atoms with Crippen molar-refractivity contribution in [3.63, 3.8) is 0 Å². The van der Waals surface area contributed by atoms with Crippen molar-refractivity contribution in [1.82, 2.24) is 0 Å². The van der Waals surface area contributed by atoms with Gasteiger partial charge in [0.1, 0.15) is 5.75 Å². The molecule has 0 fully saturated rings. The second-order valence-corrected chi connectivity index (χ2v) is 4.39. The summed E-state index contributed by atoms with van der Waals surface area (Å²) in [4.78, 5) is 10.7. The van der Waals surface area contributed by atoms with Gasteiger partial charge in [0.25, 0.3) is 5.91 Å². The van der Waals surface area contributed by atoms with E-state index in [1.165, 1.54) is 0 Å². The minimum atomic E-state index is -0.674. The molecular formula is C9H9ClINO2. The maximum atomic E-state index is 10.7. The molecule has 0 aliphatic rings. The first kappa shape index (κ1) is 11.6. The van der Waals surface area contributed by atoms with Crippen LogP contribution in [0.1, 0.15) is 6.92 Å². The van der Waals surface area contributed by atoms with Gasteiger partial charge < -0.3 is 10.5 Å². The van der Waals surface area contributed by atoms with Gasteiger partial charge in [0.05, 0.1) is 5.02 Å². The summed E-state index contributed by atoms with van der Waals surface area (Å²) in [6, 6.07) is 5.31. The van der Waals surface area contributed by atoms with Crippen molar-refractivity contribution in [2.75, 3.05) is 0 Å². The summed E-state index contributed by atoms with van der Waals surface area (Å²) in [6.07, 6.45) is -0.674. The first-order valence-corrected chi connectivity index (χ1v) is 5.37. The van der Waals surface area contributed by atoms with Crippen molar-refractivity contribution < 1.29 is 9.53 Å². The maximum absolute atomic E-state index is 10.7. The number of hydrogen-bond donors (Lipinski definition) is 1. The molecule has 0 bridgehead atoms. The van der Waals surface area contributed by atoms with Gasteiger partial charge in [0.15, 0.2) is 6.10 Å².